The van der Waals surface area contributed by atoms with E-state index in [1.165, 1.54) is 13.2 Å². The summed E-state index contributed by atoms with van der Waals surface area (Å²) in [5, 5.41) is 11.9. The zero-order valence-electron chi connectivity index (χ0n) is 16.8. The Morgan fingerprint density at radius 1 is 1.38 bits per heavy atom. The topological polar surface area (TPSA) is 127 Å². The fourth-order valence-electron chi connectivity index (χ4n) is 3.43. The Hall–Kier alpha value is -2.10. The first-order valence-corrected chi connectivity index (χ1v) is 10.0. The van der Waals surface area contributed by atoms with E-state index in [2.05, 4.69) is 15.2 Å². The largest absolute Gasteiger partial charge is 0.481 e. The minimum absolute atomic E-state index is 0.103. The number of nitrogen functional groups attached to an aromatic ring is 1. The van der Waals surface area contributed by atoms with Crippen molar-refractivity contribution in [2.24, 2.45) is 0 Å². The summed E-state index contributed by atoms with van der Waals surface area (Å²) < 4.78 is 10.8. The summed E-state index contributed by atoms with van der Waals surface area (Å²) in [7, 11) is 3.04. The van der Waals surface area contributed by atoms with Crippen molar-refractivity contribution in [2.75, 3.05) is 39.6 Å². The van der Waals surface area contributed by atoms with Crippen LogP contribution in [-0.2, 0) is 9.53 Å². The Morgan fingerprint density at radius 3 is 2.79 bits per heavy atom. The predicted octanol–water partition coefficient (Wildman–Crippen LogP) is 1.79. The molecule has 1 saturated heterocycles. The van der Waals surface area contributed by atoms with Gasteiger partial charge in [-0.25, -0.2) is 0 Å². The zero-order valence-corrected chi connectivity index (χ0v) is 17.6. The van der Waals surface area contributed by atoms with Gasteiger partial charge in [0.15, 0.2) is 0 Å². The van der Waals surface area contributed by atoms with Gasteiger partial charge >= 0.3 is 5.97 Å². The number of pyridine rings is 1. The number of piperidine rings is 1. The number of anilines is 1. The van der Waals surface area contributed by atoms with Crippen molar-refractivity contribution in [1.82, 2.24) is 15.2 Å². The molecule has 0 radical (unpaired) electrons. The van der Waals surface area contributed by atoms with E-state index in [1.54, 1.807) is 7.11 Å². The number of ether oxygens (including phenoxy) is 2. The third kappa shape index (κ3) is 6.73. The number of aliphatic carboxylic acids is 1. The van der Waals surface area contributed by atoms with Gasteiger partial charge in [-0.1, -0.05) is 18.0 Å². The first-order valence-electron chi connectivity index (χ1n) is 9.63. The van der Waals surface area contributed by atoms with E-state index < -0.39 is 5.97 Å². The number of methoxy groups -OCH3 is 2. The van der Waals surface area contributed by atoms with E-state index in [0.29, 0.717) is 13.0 Å². The molecule has 2 heterocycles. The molecule has 4 N–H and O–H groups in total. The van der Waals surface area contributed by atoms with Crippen molar-refractivity contribution in [3.63, 3.8) is 0 Å². The highest BCUT2D eigenvalue weighted by Gasteiger charge is 2.31. The number of carboxylic acids is 1. The second kappa shape index (κ2) is 11.2. The number of nitrogens with one attached hydrogen (secondary N) is 1. The van der Waals surface area contributed by atoms with Crippen LogP contribution in [0.1, 0.15) is 42.5 Å². The van der Waals surface area contributed by atoms with E-state index in [1.807, 2.05) is 0 Å². The quantitative estimate of drug-likeness (QED) is 0.481. The molecule has 0 saturated carbocycles. The number of nitrogens with zero attached hydrogens (tertiary/aromatic N) is 2. The number of carbonyl (C=O) groups excluding carboxylic acids is 1. The Labute approximate surface area is 175 Å². The van der Waals surface area contributed by atoms with Gasteiger partial charge in [0.05, 0.1) is 24.3 Å². The number of unbranched alkanes of at least 4 members (excludes halogenated alkanes) is 2. The molecule has 0 aliphatic carbocycles. The molecule has 2 rings (SSSR count). The summed E-state index contributed by atoms with van der Waals surface area (Å²) in [4.78, 5) is 29.6. The van der Waals surface area contributed by atoms with Crippen LogP contribution in [-0.4, -0.2) is 72.9 Å². The lowest BCUT2D eigenvalue weighted by molar-refractivity contribution is -0.137. The average molecular weight is 429 g/mol. The van der Waals surface area contributed by atoms with Gasteiger partial charge in [-0.15, -0.1) is 0 Å². The number of likely N-dealkylation sites (tertiary alicyclic amines) is 1. The van der Waals surface area contributed by atoms with Crippen LogP contribution in [0, 0.1) is 0 Å². The first kappa shape index (κ1) is 23.2. The van der Waals surface area contributed by atoms with E-state index >= 15 is 0 Å². The number of carbonyl (C=O) groups is 2. The van der Waals surface area contributed by atoms with Gasteiger partial charge in [0, 0.05) is 26.6 Å². The van der Waals surface area contributed by atoms with E-state index in [9.17, 15) is 9.59 Å². The summed E-state index contributed by atoms with van der Waals surface area (Å²) >= 11 is 6.01. The maximum atomic E-state index is 12.8. The number of nitrogens with two attached hydrogens (primary N) is 1. The molecule has 1 aliphatic heterocycles. The van der Waals surface area contributed by atoms with Crippen LogP contribution in [0.3, 0.4) is 0 Å². The van der Waals surface area contributed by atoms with Crippen molar-refractivity contribution in [2.45, 2.75) is 44.2 Å². The van der Waals surface area contributed by atoms with E-state index in [4.69, 9.17) is 31.9 Å². The van der Waals surface area contributed by atoms with Crippen LogP contribution in [0.2, 0.25) is 5.02 Å². The molecular weight excluding hydrogens is 400 g/mol. The number of rotatable bonds is 10. The Bertz CT molecular complexity index is 718. The molecule has 1 aliphatic rings. The maximum Gasteiger partial charge on any atom is 0.303 e. The zero-order chi connectivity index (χ0) is 21.4. The Kier molecular flexibility index (Phi) is 8.94. The highest BCUT2D eigenvalue weighted by atomic mass is 35.5. The molecule has 1 aromatic rings. The minimum Gasteiger partial charge on any atom is -0.481 e. The molecule has 0 bridgehead atoms. The van der Waals surface area contributed by atoms with Gasteiger partial charge in [-0.3, -0.25) is 9.59 Å². The van der Waals surface area contributed by atoms with Gasteiger partial charge in [-0.05, 0) is 31.9 Å². The second-order valence-corrected chi connectivity index (χ2v) is 7.47. The number of halogens is 1. The molecule has 10 heteroatoms. The smallest absolute Gasteiger partial charge is 0.303 e. The van der Waals surface area contributed by atoms with Crippen molar-refractivity contribution in [3.8, 4) is 5.88 Å². The normalized spacial score (nSPS) is 19.7. The molecule has 29 heavy (non-hydrogen) atoms. The summed E-state index contributed by atoms with van der Waals surface area (Å²) in [5.74, 6) is -0.871. The number of hydrogen-bond acceptors (Lipinski definition) is 7. The highest BCUT2D eigenvalue weighted by Crippen LogP contribution is 2.25. The number of hydrogen-bond donors (Lipinski definition) is 3. The molecule has 1 amide bonds. The maximum absolute atomic E-state index is 12.8. The van der Waals surface area contributed by atoms with Gasteiger partial charge < -0.3 is 30.5 Å². The summed E-state index contributed by atoms with van der Waals surface area (Å²) in [6.45, 7) is 2.39. The predicted molar refractivity (Wildman–Crippen MR) is 109 cm³/mol. The van der Waals surface area contributed by atoms with Crippen LogP contribution in [0.25, 0.3) is 0 Å². The SMILES string of the molecule is COc1nc(N)c(Cl)cc1C(=O)N[C@H]1CCN(CCCCCC(=O)O)C[C@H]1OC. The average Bonchev–Trinajstić information content (AvgIpc) is 2.69. The fourth-order valence-corrected chi connectivity index (χ4v) is 3.58. The molecule has 9 nitrogen and oxygen atoms in total. The standard InChI is InChI=1S/C19H29ClN4O5/c1-28-15-11-24(8-5-3-4-6-16(25)26)9-7-14(15)22-18(27)12-10-13(20)17(21)23-19(12)29-2/h10,14-15H,3-9,11H2,1-2H3,(H2,21,23)(H,22,27)(H,25,26)/t14-,15+/m0/s1. The van der Waals surface area contributed by atoms with Crippen LogP contribution in [0.5, 0.6) is 5.88 Å². The van der Waals surface area contributed by atoms with Crippen LogP contribution < -0.4 is 15.8 Å². The van der Waals surface area contributed by atoms with Gasteiger partial charge in [0.2, 0.25) is 5.88 Å². The molecule has 162 valence electrons. The lowest BCUT2D eigenvalue weighted by Crippen LogP contribution is -2.54. The molecule has 0 aromatic carbocycles. The highest BCUT2D eigenvalue weighted by molar-refractivity contribution is 6.33. The number of aromatic nitrogens is 1. The van der Waals surface area contributed by atoms with Gasteiger partial charge in [0.25, 0.3) is 5.91 Å². The van der Waals surface area contributed by atoms with Gasteiger partial charge in [0.1, 0.15) is 11.4 Å². The van der Waals surface area contributed by atoms with Crippen molar-refractivity contribution < 1.29 is 24.2 Å². The molecule has 1 fully saturated rings. The van der Waals surface area contributed by atoms with Crippen molar-refractivity contribution in [3.05, 3.63) is 16.7 Å². The van der Waals surface area contributed by atoms with Gasteiger partial charge in [-0.2, -0.15) is 4.98 Å². The molecule has 0 unspecified atom stereocenters. The first-order chi connectivity index (χ1) is 13.8. The lowest BCUT2D eigenvalue weighted by Gasteiger charge is -2.38. The summed E-state index contributed by atoms with van der Waals surface area (Å²) in [6.07, 6.45) is 3.30. The van der Waals surface area contributed by atoms with E-state index in [-0.39, 0.29) is 46.8 Å². The Morgan fingerprint density at radius 2 is 2.14 bits per heavy atom. The molecule has 0 spiro atoms. The van der Waals surface area contributed by atoms with Crippen molar-refractivity contribution >= 4 is 29.3 Å². The lowest BCUT2D eigenvalue weighted by atomic mass is 10.0. The fraction of sp³-hybridized carbons (Fsp3) is 0.632. The molecule has 2 atom stereocenters. The summed E-state index contributed by atoms with van der Waals surface area (Å²) in [5.41, 5.74) is 5.90. The molecular formula is C19H29ClN4O5. The van der Waals surface area contributed by atoms with Crippen LogP contribution in [0.15, 0.2) is 6.07 Å². The Balaban J connectivity index is 1.90. The number of amides is 1. The van der Waals surface area contributed by atoms with Crippen LogP contribution in [0.4, 0.5) is 5.82 Å². The van der Waals surface area contributed by atoms with Crippen molar-refractivity contribution in [1.29, 1.82) is 0 Å². The van der Waals surface area contributed by atoms with Crippen LogP contribution >= 0.6 is 11.6 Å². The van der Waals surface area contributed by atoms with E-state index in [0.717, 1.165) is 32.4 Å². The summed E-state index contributed by atoms with van der Waals surface area (Å²) in [6, 6.07) is 1.29. The second-order valence-electron chi connectivity index (χ2n) is 7.06. The monoisotopic (exact) mass is 428 g/mol. The minimum atomic E-state index is -0.754. The third-order valence-corrected chi connectivity index (χ3v) is 5.34. The number of carboxylic acid groups (broad SMARTS) is 1. The molecule has 1 aromatic heterocycles. The third-order valence-electron chi connectivity index (χ3n) is 5.03.